The summed E-state index contributed by atoms with van der Waals surface area (Å²) < 4.78 is 11.3. The number of aromatic nitrogens is 1. The fourth-order valence-corrected chi connectivity index (χ4v) is 3.27. The summed E-state index contributed by atoms with van der Waals surface area (Å²) in [6.45, 7) is 6.49. The van der Waals surface area contributed by atoms with E-state index in [2.05, 4.69) is 33.4 Å². The van der Waals surface area contributed by atoms with Crippen molar-refractivity contribution >= 4 is 23.0 Å². The van der Waals surface area contributed by atoms with E-state index in [1.807, 2.05) is 62.5 Å². The van der Waals surface area contributed by atoms with Crippen molar-refractivity contribution in [3.63, 3.8) is 0 Å². The van der Waals surface area contributed by atoms with Gasteiger partial charge in [-0.25, -0.2) is 0 Å². The van der Waals surface area contributed by atoms with E-state index >= 15 is 0 Å². The molecule has 0 saturated carbocycles. The predicted molar refractivity (Wildman–Crippen MR) is 125 cm³/mol. The molecule has 0 aliphatic carbocycles. The van der Waals surface area contributed by atoms with Crippen LogP contribution in [0.15, 0.2) is 73.1 Å². The lowest BCUT2D eigenvalue weighted by Gasteiger charge is -2.27. The molecule has 156 valence electrons. The van der Waals surface area contributed by atoms with E-state index in [1.54, 1.807) is 6.20 Å². The smallest absolute Gasteiger partial charge is 0.174 e. The normalized spacial score (nSPS) is 10.3. The Hall–Kier alpha value is -3.12. The van der Waals surface area contributed by atoms with Gasteiger partial charge in [0, 0.05) is 25.5 Å². The molecule has 3 aromatic rings. The molecule has 6 heteroatoms. The van der Waals surface area contributed by atoms with Gasteiger partial charge in [-0.1, -0.05) is 30.3 Å². The number of nitrogens with one attached hydrogen (secondary N) is 1. The molecule has 2 aromatic carbocycles. The molecule has 0 aliphatic heterocycles. The van der Waals surface area contributed by atoms with Gasteiger partial charge in [0.15, 0.2) is 5.11 Å². The fraction of sp³-hybridized carbons (Fsp3) is 0.250. The SMILES string of the molecule is CCOc1ccc(CN(Cc2cccnc2)C(=S)Nc2ccccc2OCC)cc1. The van der Waals surface area contributed by atoms with E-state index in [1.165, 1.54) is 0 Å². The molecule has 5 nitrogen and oxygen atoms in total. The van der Waals surface area contributed by atoms with Gasteiger partial charge in [-0.05, 0) is 67.5 Å². The van der Waals surface area contributed by atoms with E-state index in [0.717, 1.165) is 28.3 Å². The van der Waals surface area contributed by atoms with Crippen LogP contribution >= 0.6 is 12.2 Å². The molecule has 0 fully saturated rings. The summed E-state index contributed by atoms with van der Waals surface area (Å²) in [6, 6.07) is 19.9. The van der Waals surface area contributed by atoms with Crippen LogP contribution in [0.25, 0.3) is 0 Å². The van der Waals surface area contributed by atoms with Gasteiger partial charge >= 0.3 is 0 Å². The van der Waals surface area contributed by atoms with Crippen LogP contribution < -0.4 is 14.8 Å². The molecule has 0 bridgehead atoms. The quantitative estimate of drug-likeness (QED) is 0.475. The van der Waals surface area contributed by atoms with Crippen molar-refractivity contribution in [1.29, 1.82) is 0 Å². The molecular weight excluding hydrogens is 394 g/mol. The van der Waals surface area contributed by atoms with E-state index in [9.17, 15) is 0 Å². The van der Waals surface area contributed by atoms with Crippen molar-refractivity contribution < 1.29 is 9.47 Å². The minimum absolute atomic E-state index is 0.594. The largest absolute Gasteiger partial charge is 0.494 e. The summed E-state index contributed by atoms with van der Waals surface area (Å²) in [5, 5.41) is 3.98. The van der Waals surface area contributed by atoms with Crippen LogP contribution in [-0.2, 0) is 13.1 Å². The highest BCUT2D eigenvalue weighted by atomic mass is 32.1. The Labute approximate surface area is 183 Å². The Morgan fingerprint density at radius 1 is 0.900 bits per heavy atom. The maximum absolute atomic E-state index is 5.78. The number of hydrogen-bond donors (Lipinski definition) is 1. The second kappa shape index (κ2) is 11.2. The van der Waals surface area contributed by atoms with Crippen LogP contribution in [0.3, 0.4) is 0 Å². The molecule has 1 N–H and O–H groups in total. The fourth-order valence-electron chi connectivity index (χ4n) is 3.04. The second-order valence-electron chi connectivity index (χ2n) is 6.65. The highest BCUT2D eigenvalue weighted by Crippen LogP contribution is 2.25. The Morgan fingerprint density at radius 2 is 1.63 bits per heavy atom. The third kappa shape index (κ3) is 6.19. The van der Waals surface area contributed by atoms with Gasteiger partial charge in [-0.15, -0.1) is 0 Å². The molecule has 0 spiro atoms. The highest BCUT2D eigenvalue weighted by Gasteiger charge is 2.14. The number of anilines is 1. The maximum Gasteiger partial charge on any atom is 0.174 e. The monoisotopic (exact) mass is 421 g/mol. The molecule has 3 rings (SSSR count). The van der Waals surface area contributed by atoms with E-state index in [0.29, 0.717) is 31.4 Å². The molecular formula is C24H27N3O2S. The Morgan fingerprint density at radius 3 is 2.33 bits per heavy atom. The van der Waals surface area contributed by atoms with Crippen molar-refractivity contribution in [3.05, 3.63) is 84.2 Å². The van der Waals surface area contributed by atoms with Gasteiger partial charge < -0.3 is 19.7 Å². The lowest BCUT2D eigenvalue weighted by atomic mass is 10.2. The average Bonchev–Trinajstić information content (AvgIpc) is 2.77. The number of thiocarbonyl (C=S) groups is 1. The minimum Gasteiger partial charge on any atom is -0.494 e. The topological polar surface area (TPSA) is 46.6 Å². The van der Waals surface area contributed by atoms with Crippen LogP contribution in [0.2, 0.25) is 0 Å². The van der Waals surface area contributed by atoms with Crippen molar-refractivity contribution in [2.75, 3.05) is 18.5 Å². The number of para-hydroxylation sites is 2. The number of ether oxygens (including phenoxy) is 2. The third-order valence-electron chi connectivity index (χ3n) is 4.42. The zero-order chi connectivity index (χ0) is 21.2. The lowest BCUT2D eigenvalue weighted by Crippen LogP contribution is -2.34. The number of nitrogens with zero attached hydrogens (tertiary/aromatic N) is 2. The summed E-state index contributed by atoms with van der Waals surface area (Å²) in [4.78, 5) is 6.35. The maximum atomic E-state index is 5.78. The van der Waals surface area contributed by atoms with Crippen LogP contribution in [0.4, 0.5) is 5.69 Å². The number of benzene rings is 2. The summed E-state index contributed by atoms with van der Waals surface area (Å²) in [6.07, 6.45) is 3.64. The van der Waals surface area contributed by atoms with E-state index in [-0.39, 0.29) is 0 Å². The first kappa shape index (κ1) is 21.6. The molecule has 0 radical (unpaired) electrons. The molecule has 1 heterocycles. The Kier molecular flexibility index (Phi) is 8.03. The molecule has 1 aromatic heterocycles. The van der Waals surface area contributed by atoms with Crippen LogP contribution in [0, 0.1) is 0 Å². The standard InChI is InChI=1S/C24H27N3O2S/c1-3-28-21-13-11-19(12-14-21)17-27(18-20-8-7-15-25-16-20)24(30)26-22-9-5-6-10-23(22)29-4-2/h5-16H,3-4,17-18H2,1-2H3,(H,26,30). The van der Waals surface area contributed by atoms with Crippen LogP contribution in [0.5, 0.6) is 11.5 Å². The molecule has 0 amide bonds. The molecule has 0 aliphatic rings. The van der Waals surface area contributed by atoms with E-state index < -0.39 is 0 Å². The van der Waals surface area contributed by atoms with Crippen molar-refractivity contribution in [2.45, 2.75) is 26.9 Å². The number of pyridine rings is 1. The lowest BCUT2D eigenvalue weighted by molar-refractivity contribution is 0.339. The zero-order valence-electron chi connectivity index (χ0n) is 17.4. The van der Waals surface area contributed by atoms with Crippen molar-refractivity contribution in [1.82, 2.24) is 9.88 Å². The van der Waals surface area contributed by atoms with Gasteiger partial charge in [-0.3, -0.25) is 4.98 Å². The summed E-state index contributed by atoms with van der Waals surface area (Å²) in [5.41, 5.74) is 3.09. The van der Waals surface area contributed by atoms with Gasteiger partial charge in [0.2, 0.25) is 0 Å². The summed E-state index contributed by atoms with van der Waals surface area (Å²) in [5.74, 6) is 1.65. The third-order valence-corrected chi connectivity index (χ3v) is 4.78. The Balaban J connectivity index is 1.79. The van der Waals surface area contributed by atoms with Gasteiger partial charge in [-0.2, -0.15) is 0 Å². The average molecular weight is 422 g/mol. The first-order chi connectivity index (χ1) is 14.7. The predicted octanol–water partition coefficient (Wildman–Crippen LogP) is 5.28. The summed E-state index contributed by atoms with van der Waals surface area (Å²) >= 11 is 5.78. The molecule has 30 heavy (non-hydrogen) atoms. The Bertz CT molecular complexity index is 933. The minimum atomic E-state index is 0.594. The highest BCUT2D eigenvalue weighted by molar-refractivity contribution is 7.80. The van der Waals surface area contributed by atoms with Gasteiger partial charge in [0.1, 0.15) is 11.5 Å². The molecule has 0 atom stereocenters. The van der Waals surface area contributed by atoms with Crippen molar-refractivity contribution in [3.8, 4) is 11.5 Å². The first-order valence-corrected chi connectivity index (χ1v) is 10.5. The number of hydrogen-bond acceptors (Lipinski definition) is 4. The molecule has 0 unspecified atom stereocenters. The van der Waals surface area contributed by atoms with Crippen molar-refractivity contribution in [2.24, 2.45) is 0 Å². The van der Waals surface area contributed by atoms with Crippen LogP contribution in [0.1, 0.15) is 25.0 Å². The van der Waals surface area contributed by atoms with E-state index in [4.69, 9.17) is 21.7 Å². The number of rotatable bonds is 9. The van der Waals surface area contributed by atoms with Crippen LogP contribution in [-0.4, -0.2) is 28.2 Å². The van der Waals surface area contributed by atoms with Gasteiger partial charge in [0.25, 0.3) is 0 Å². The second-order valence-corrected chi connectivity index (χ2v) is 7.04. The zero-order valence-corrected chi connectivity index (χ0v) is 18.2. The summed E-state index contributed by atoms with van der Waals surface area (Å²) in [7, 11) is 0. The molecule has 0 saturated heterocycles. The first-order valence-electron chi connectivity index (χ1n) is 10.1. The van der Waals surface area contributed by atoms with Gasteiger partial charge in [0.05, 0.1) is 18.9 Å².